The summed E-state index contributed by atoms with van der Waals surface area (Å²) in [4.78, 5) is 4.25. The van der Waals surface area contributed by atoms with Gasteiger partial charge in [0, 0.05) is 11.4 Å². The van der Waals surface area contributed by atoms with Crippen molar-refractivity contribution in [2.75, 3.05) is 0 Å². The molecule has 0 bridgehead atoms. The van der Waals surface area contributed by atoms with Gasteiger partial charge in [0.15, 0.2) is 0 Å². The van der Waals surface area contributed by atoms with Crippen molar-refractivity contribution >= 4 is 38.9 Å². The highest BCUT2D eigenvalue weighted by Crippen LogP contribution is 2.26. The number of alkyl halides is 1. The smallest absolute Gasteiger partial charge is 0.140 e. The third-order valence-electron chi connectivity index (χ3n) is 1.98. The van der Waals surface area contributed by atoms with Crippen LogP contribution < -0.4 is 4.74 Å². The van der Waals surface area contributed by atoms with Gasteiger partial charge in [-0.1, -0.05) is 0 Å². The van der Waals surface area contributed by atoms with Gasteiger partial charge >= 0.3 is 0 Å². The van der Waals surface area contributed by atoms with Gasteiger partial charge in [-0.2, -0.15) is 0 Å². The number of thiazole rings is 1. The standard InChI is InChI=1S/C11H8BrClFNOS/c12-9-2-1-7(14)3-10(9)16-5-11-15-8(4-13)6-17-11/h1-3,6H,4-5H2. The maximum Gasteiger partial charge on any atom is 0.140 e. The third-order valence-corrected chi connectivity index (χ3v) is 3.78. The number of aromatic nitrogens is 1. The van der Waals surface area contributed by atoms with Crippen LogP contribution in [0.5, 0.6) is 5.75 Å². The largest absolute Gasteiger partial charge is 0.485 e. The molecule has 0 amide bonds. The molecule has 0 aliphatic heterocycles. The molecule has 6 heteroatoms. The lowest BCUT2D eigenvalue weighted by Crippen LogP contribution is -1.96. The third kappa shape index (κ3) is 3.40. The lowest BCUT2D eigenvalue weighted by Gasteiger charge is -2.06. The molecule has 0 fully saturated rings. The van der Waals surface area contributed by atoms with Crippen molar-refractivity contribution in [3.63, 3.8) is 0 Å². The second-order valence-corrected chi connectivity index (χ2v) is 5.29. The number of nitrogens with zero attached hydrogens (tertiary/aromatic N) is 1. The molecule has 0 N–H and O–H groups in total. The van der Waals surface area contributed by atoms with Gasteiger partial charge in [-0.3, -0.25) is 0 Å². The predicted octanol–water partition coefficient (Wildman–Crippen LogP) is 4.36. The molecule has 1 aromatic carbocycles. The molecule has 0 saturated carbocycles. The number of benzene rings is 1. The zero-order valence-corrected chi connectivity index (χ0v) is 11.8. The first-order chi connectivity index (χ1) is 8.19. The van der Waals surface area contributed by atoms with Crippen molar-refractivity contribution in [3.05, 3.63) is 44.6 Å². The van der Waals surface area contributed by atoms with E-state index in [-0.39, 0.29) is 5.82 Å². The van der Waals surface area contributed by atoms with Crippen LogP contribution in [0.2, 0.25) is 0 Å². The minimum Gasteiger partial charge on any atom is -0.485 e. The number of hydrogen-bond acceptors (Lipinski definition) is 3. The van der Waals surface area contributed by atoms with Crippen LogP contribution in [0.1, 0.15) is 10.7 Å². The van der Waals surface area contributed by atoms with Gasteiger partial charge in [-0.25, -0.2) is 9.37 Å². The second-order valence-electron chi connectivity index (χ2n) is 3.23. The van der Waals surface area contributed by atoms with Crippen molar-refractivity contribution < 1.29 is 9.13 Å². The Morgan fingerprint density at radius 1 is 1.47 bits per heavy atom. The van der Waals surface area contributed by atoms with E-state index in [0.717, 1.165) is 10.7 Å². The molecular weight excluding hydrogens is 329 g/mol. The highest BCUT2D eigenvalue weighted by molar-refractivity contribution is 9.10. The van der Waals surface area contributed by atoms with Gasteiger partial charge in [0.25, 0.3) is 0 Å². The van der Waals surface area contributed by atoms with Gasteiger partial charge in [0.05, 0.1) is 16.0 Å². The summed E-state index contributed by atoms with van der Waals surface area (Å²) in [7, 11) is 0. The Morgan fingerprint density at radius 3 is 3.00 bits per heavy atom. The van der Waals surface area contributed by atoms with E-state index in [0.29, 0.717) is 22.7 Å². The van der Waals surface area contributed by atoms with Crippen LogP contribution >= 0.6 is 38.9 Å². The number of ether oxygens (including phenoxy) is 1. The highest BCUT2D eigenvalue weighted by Gasteiger charge is 2.06. The molecule has 2 aromatic rings. The van der Waals surface area contributed by atoms with E-state index in [1.54, 1.807) is 6.07 Å². The second kappa shape index (κ2) is 5.80. The van der Waals surface area contributed by atoms with Crippen LogP contribution in [0.15, 0.2) is 28.1 Å². The summed E-state index contributed by atoms with van der Waals surface area (Å²) in [5, 5.41) is 2.70. The lowest BCUT2D eigenvalue weighted by molar-refractivity contribution is 0.302. The first kappa shape index (κ1) is 12.8. The minimum atomic E-state index is -0.330. The topological polar surface area (TPSA) is 22.1 Å². The van der Waals surface area contributed by atoms with E-state index < -0.39 is 0 Å². The van der Waals surface area contributed by atoms with Crippen LogP contribution in [0.3, 0.4) is 0 Å². The van der Waals surface area contributed by atoms with E-state index in [4.69, 9.17) is 16.3 Å². The predicted molar refractivity (Wildman–Crippen MR) is 70.1 cm³/mol. The quantitative estimate of drug-likeness (QED) is 0.774. The molecule has 1 aromatic heterocycles. The minimum absolute atomic E-state index is 0.309. The van der Waals surface area contributed by atoms with E-state index in [2.05, 4.69) is 20.9 Å². The van der Waals surface area contributed by atoms with Crippen molar-refractivity contribution in [1.82, 2.24) is 4.98 Å². The normalized spacial score (nSPS) is 10.5. The molecule has 2 rings (SSSR count). The van der Waals surface area contributed by atoms with Crippen LogP contribution in [0.25, 0.3) is 0 Å². The van der Waals surface area contributed by atoms with Crippen molar-refractivity contribution in [2.24, 2.45) is 0 Å². The summed E-state index contributed by atoms with van der Waals surface area (Å²) < 4.78 is 19.2. The fourth-order valence-corrected chi connectivity index (χ4v) is 2.50. The van der Waals surface area contributed by atoms with Crippen LogP contribution in [0, 0.1) is 5.82 Å². The summed E-state index contributed by atoms with van der Waals surface area (Å²) in [6.07, 6.45) is 0. The molecule has 0 unspecified atom stereocenters. The first-order valence-electron chi connectivity index (χ1n) is 4.76. The Morgan fingerprint density at radius 2 is 2.29 bits per heavy atom. The highest BCUT2D eigenvalue weighted by atomic mass is 79.9. The molecule has 0 aliphatic rings. The Balaban J connectivity index is 2.04. The Kier molecular flexibility index (Phi) is 4.36. The number of rotatable bonds is 4. The summed E-state index contributed by atoms with van der Waals surface area (Å²) in [6, 6.07) is 4.31. The van der Waals surface area contributed by atoms with Crippen molar-refractivity contribution in [2.45, 2.75) is 12.5 Å². The van der Waals surface area contributed by atoms with E-state index in [1.807, 2.05) is 5.38 Å². The molecule has 1 heterocycles. The average Bonchev–Trinajstić information content (AvgIpc) is 2.78. The Hall–Kier alpha value is -0.650. The molecule has 0 radical (unpaired) electrons. The molecule has 90 valence electrons. The summed E-state index contributed by atoms with van der Waals surface area (Å²) in [6.45, 7) is 0.309. The average molecular weight is 337 g/mol. The van der Waals surface area contributed by atoms with Gasteiger partial charge in [-0.05, 0) is 28.1 Å². The molecule has 0 saturated heterocycles. The Bertz CT molecular complexity index is 520. The number of halogens is 3. The fraction of sp³-hybridized carbons (Fsp3) is 0.182. The van der Waals surface area contributed by atoms with Crippen LogP contribution in [-0.2, 0) is 12.5 Å². The van der Waals surface area contributed by atoms with Gasteiger partial charge in [0.1, 0.15) is 23.2 Å². The van der Waals surface area contributed by atoms with Crippen LogP contribution in [0.4, 0.5) is 4.39 Å². The first-order valence-corrected chi connectivity index (χ1v) is 6.97. The monoisotopic (exact) mass is 335 g/mol. The molecule has 17 heavy (non-hydrogen) atoms. The van der Waals surface area contributed by atoms with Gasteiger partial charge in [-0.15, -0.1) is 22.9 Å². The molecule has 0 spiro atoms. The summed E-state index contributed by atoms with van der Waals surface area (Å²) in [5.41, 5.74) is 0.827. The van der Waals surface area contributed by atoms with E-state index in [9.17, 15) is 4.39 Å². The fourth-order valence-electron chi connectivity index (χ4n) is 1.20. The summed E-state index contributed by atoms with van der Waals surface area (Å²) >= 11 is 10.4. The Labute approximate surface area is 116 Å². The molecule has 0 atom stereocenters. The molecule has 2 nitrogen and oxygen atoms in total. The van der Waals surface area contributed by atoms with Crippen molar-refractivity contribution in [3.8, 4) is 5.75 Å². The zero-order valence-electron chi connectivity index (χ0n) is 8.62. The summed E-state index contributed by atoms with van der Waals surface area (Å²) in [5.74, 6) is 0.525. The van der Waals surface area contributed by atoms with Gasteiger partial charge < -0.3 is 4.74 Å². The van der Waals surface area contributed by atoms with E-state index >= 15 is 0 Å². The maximum absolute atomic E-state index is 13.0. The zero-order chi connectivity index (χ0) is 12.3. The van der Waals surface area contributed by atoms with E-state index in [1.165, 1.54) is 23.5 Å². The van der Waals surface area contributed by atoms with Gasteiger partial charge in [0.2, 0.25) is 0 Å². The molecule has 0 aliphatic carbocycles. The molecular formula is C11H8BrClFNOS. The van der Waals surface area contributed by atoms with Crippen LogP contribution in [-0.4, -0.2) is 4.98 Å². The maximum atomic E-state index is 13.0. The number of hydrogen-bond donors (Lipinski definition) is 0. The lowest BCUT2D eigenvalue weighted by atomic mass is 10.3. The SMILES string of the molecule is Fc1ccc(Br)c(OCc2nc(CCl)cs2)c1. The van der Waals surface area contributed by atoms with Crippen molar-refractivity contribution in [1.29, 1.82) is 0 Å².